The minimum atomic E-state index is -1.12. The molecule has 0 aliphatic heterocycles. The molecule has 0 aliphatic rings. The first-order chi connectivity index (χ1) is 10.3. The Bertz CT molecular complexity index is 705. The van der Waals surface area contributed by atoms with Crippen LogP contribution in [0.2, 0.25) is 0 Å². The molecule has 0 radical (unpaired) electrons. The molecule has 1 aromatic heterocycles. The topological polar surface area (TPSA) is 102 Å². The molecule has 0 unspecified atom stereocenters. The highest BCUT2D eigenvalue weighted by molar-refractivity contribution is 5.95. The molecule has 0 saturated carbocycles. The van der Waals surface area contributed by atoms with Crippen LogP contribution in [0.25, 0.3) is 11.1 Å². The predicted molar refractivity (Wildman–Crippen MR) is 79.4 cm³/mol. The Morgan fingerprint density at radius 2 is 2.14 bits per heavy atom. The minimum Gasteiger partial charge on any atom is -0.481 e. The quantitative estimate of drug-likeness (QED) is 0.849. The van der Waals surface area contributed by atoms with Crippen LogP contribution < -0.4 is 5.32 Å². The van der Waals surface area contributed by atoms with Gasteiger partial charge in [-0.1, -0.05) is 0 Å². The summed E-state index contributed by atoms with van der Waals surface area (Å²) in [4.78, 5) is 27.2. The minimum absolute atomic E-state index is 0.117. The van der Waals surface area contributed by atoms with Crippen molar-refractivity contribution in [3.63, 3.8) is 0 Å². The number of carbonyl (C=O) groups is 2. The van der Waals surface area contributed by atoms with Gasteiger partial charge in [-0.15, -0.1) is 0 Å². The number of amides is 1. The van der Waals surface area contributed by atoms with Crippen molar-refractivity contribution in [2.75, 3.05) is 12.4 Å². The van der Waals surface area contributed by atoms with Gasteiger partial charge in [-0.05, 0) is 32.0 Å². The van der Waals surface area contributed by atoms with Crippen molar-refractivity contribution >= 4 is 28.7 Å². The maximum absolute atomic E-state index is 11.9. The number of ether oxygens (including phenoxy) is 1. The second kappa shape index (κ2) is 6.15. The molecule has 0 bridgehead atoms. The van der Waals surface area contributed by atoms with E-state index in [2.05, 4.69) is 10.3 Å². The Hall–Kier alpha value is -2.41. The number of oxazole rings is 1. The van der Waals surface area contributed by atoms with Crippen molar-refractivity contribution in [3.8, 4) is 0 Å². The predicted octanol–water partition coefficient (Wildman–Crippen LogP) is 2.41. The number of aromatic nitrogens is 1. The second-order valence-corrected chi connectivity index (χ2v) is 5.64. The first-order valence-electron chi connectivity index (χ1n) is 6.73. The molecule has 118 valence electrons. The van der Waals surface area contributed by atoms with Gasteiger partial charge in [-0.3, -0.25) is 9.59 Å². The van der Waals surface area contributed by atoms with E-state index in [9.17, 15) is 9.59 Å². The van der Waals surface area contributed by atoms with Gasteiger partial charge >= 0.3 is 5.97 Å². The summed E-state index contributed by atoms with van der Waals surface area (Å²) in [5, 5.41) is 11.7. The highest BCUT2D eigenvalue weighted by Gasteiger charge is 2.30. The van der Waals surface area contributed by atoms with Gasteiger partial charge < -0.3 is 19.6 Å². The Balaban J connectivity index is 2.11. The lowest BCUT2D eigenvalue weighted by Crippen LogP contribution is -2.29. The highest BCUT2D eigenvalue weighted by atomic mass is 16.5. The van der Waals surface area contributed by atoms with Crippen LogP contribution in [0, 0.1) is 5.41 Å². The number of carbonyl (C=O) groups excluding carboxylic acids is 1. The second-order valence-electron chi connectivity index (χ2n) is 5.64. The molecule has 1 amide bonds. The fourth-order valence-electron chi connectivity index (χ4n) is 1.92. The number of nitrogens with zero attached hydrogens (tertiary/aromatic N) is 1. The van der Waals surface area contributed by atoms with Gasteiger partial charge in [0.1, 0.15) is 12.1 Å². The number of hydrogen-bond donors (Lipinski definition) is 2. The van der Waals surface area contributed by atoms with Crippen LogP contribution in [-0.4, -0.2) is 29.1 Å². The van der Waals surface area contributed by atoms with Crippen molar-refractivity contribution in [1.82, 2.24) is 4.98 Å². The summed E-state index contributed by atoms with van der Waals surface area (Å²) in [6.07, 6.45) is -0.117. The fraction of sp³-hybridized carbons (Fsp3) is 0.400. The molecule has 0 saturated heterocycles. The van der Waals surface area contributed by atoms with E-state index in [1.165, 1.54) is 13.8 Å². The van der Waals surface area contributed by atoms with Crippen LogP contribution in [0.5, 0.6) is 0 Å². The average Bonchev–Trinajstić information content (AvgIpc) is 2.79. The van der Waals surface area contributed by atoms with Crippen LogP contribution in [-0.2, 0) is 20.9 Å². The molecule has 0 atom stereocenters. The number of rotatable bonds is 6. The van der Waals surface area contributed by atoms with Gasteiger partial charge in [-0.25, -0.2) is 4.98 Å². The summed E-state index contributed by atoms with van der Waals surface area (Å²) in [5.41, 5.74) is 0.613. The zero-order valence-corrected chi connectivity index (χ0v) is 12.7. The van der Waals surface area contributed by atoms with Crippen molar-refractivity contribution in [2.24, 2.45) is 5.41 Å². The molecule has 7 nitrogen and oxygen atoms in total. The Kier molecular flexibility index (Phi) is 4.46. The molecule has 2 rings (SSSR count). The van der Waals surface area contributed by atoms with E-state index in [1.54, 1.807) is 25.3 Å². The van der Waals surface area contributed by atoms with Crippen molar-refractivity contribution < 1.29 is 23.8 Å². The highest BCUT2D eigenvalue weighted by Crippen LogP contribution is 2.23. The van der Waals surface area contributed by atoms with E-state index in [4.69, 9.17) is 14.3 Å². The number of carboxylic acid groups (broad SMARTS) is 1. The van der Waals surface area contributed by atoms with Gasteiger partial charge in [-0.2, -0.15) is 0 Å². The Morgan fingerprint density at radius 3 is 2.77 bits per heavy atom. The third kappa shape index (κ3) is 3.62. The first kappa shape index (κ1) is 16.0. The van der Waals surface area contributed by atoms with Crippen LogP contribution in [0.4, 0.5) is 5.69 Å². The number of fused-ring (bicyclic) bond motifs is 1. The Labute approximate surface area is 127 Å². The summed E-state index contributed by atoms with van der Waals surface area (Å²) < 4.78 is 10.4. The van der Waals surface area contributed by atoms with Crippen molar-refractivity contribution in [1.29, 1.82) is 0 Å². The summed E-state index contributed by atoms with van der Waals surface area (Å²) in [5.74, 6) is -0.931. The molecular formula is C15H18N2O5. The van der Waals surface area contributed by atoms with Gasteiger partial charge in [0.05, 0.1) is 5.41 Å². The van der Waals surface area contributed by atoms with E-state index >= 15 is 0 Å². The SMILES string of the molecule is COCc1nc2cc(NC(=O)CC(C)(C)C(=O)O)ccc2o1. The monoisotopic (exact) mass is 306 g/mol. The van der Waals surface area contributed by atoms with Gasteiger partial charge in [0.25, 0.3) is 0 Å². The van der Waals surface area contributed by atoms with Crippen molar-refractivity contribution in [3.05, 3.63) is 24.1 Å². The van der Waals surface area contributed by atoms with E-state index in [1.807, 2.05) is 0 Å². The Morgan fingerprint density at radius 1 is 1.41 bits per heavy atom. The number of hydrogen-bond acceptors (Lipinski definition) is 5. The normalized spacial score (nSPS) is 11.6. The lowest BCUT2D eigenvalue weighted by molar-refractivity contribution is -0.148. The lowest BCUT2D eigenvalue weighted by atomic mass is 9.89. The molecule has 2 N–H and O–H groups in total. The third-order valence-electron chi connectivity index (χ3n) is 3.16. The summed E-state index contributed by atoms with van der Waals surface area (Å²) in [7, 11) is 1.55. The molecule has 2 aromatic rings. The van der Waals surface area contributed by atoms with E-state index in [0.717, 1.165) is 0 Å². The molecule has 0 spiro atoms. The zero-order chi connectivity index (χ0) is 16.3. The van der Waals surface area contributed by atoms with Gasteiger partial charge in [0, 0.05) is 19.2 Å². The number of carboxylic acids is 1. The molecule has 7 heteroatoms. The van der Waals surface area contributed by atoms with Crippen molar-refractivity contribution in [2.45, 2.75) is 26.9 Å². The zero-order valence-electron chi connectivity index (χ0n) is 12.7. The third-order valence-corrected chi connectivity index (χ3v) is 3.16. The summed E-state index contributed by atoms with van der Waals surface area (Å²) >= 11 is 0. The standard InChI is InChI=1S/C15H18N2O5/c1-15(2,14(19)20)7-12(18)16-9-4-5-11-10(6-9)17-13(22-11)8-21-3/h4-6H,7-8H2,1-3H3,(H,16,18)(H,19,20). The molecule has 0 fully saturated rings. The smallest absolute Gasteiger partial charge is 0.309 e. The van der Waals surface area contributed by atoms with Crippen LogP contribution in [0.3, 0.4) is 0 Å². The molecule has 22 heavy (non-hydrogen) atoms. The van der Waals surface area contributed by atoms with Gasteiger partial charge in [0.2, 0.25) is 11.8 Å². The molecule has 1 aromatic carbocycles. The number of anilines is 1. The summed E-state index contributed by atoms with van der Waals surface area (Å²) in [6, 6.07) is 5.04. The van der Waals surface area contributed by atoms with Gasteiger partial charge in [0.15, 0.2) is 5.58 Å². The van der Waals surface area contributed by atoms with Crippen LogP contribution in [0.1, 0.15) is 26.2 Å². The van der Waals surface area contributed by atoms with E-state index in [-0.39, 0.29) is 18.9 Å². The molecule has 0 aliphatic carbocycles. The summed E-state index contributed by atoms with van der Waals surface area (Å²) in [6.45, 7) is 3.28. The molecule has 1 heterocycles. The van der Waals surface area contributed by atoms with E-state index in [0.29, 0.717) is 22.7 Å². The largest absolute Gasteiger partial charge is 0.481 e. The maximum Gasteiger partial charge on any atom is 0.309 e. The average molecular weight is 306 g/mol. The van der Waals surface area contributed by atoms with E-state index < -0.39 is 11.4 Å². The number of nitrogens with one attached hydrogen (secondary N) is 1. The first-order valence-corrected chi connectivity index (χ1v) is 6.73. The van der Waals surface area contributed by atoms with Crippen LogP contribution >= 0.6 is 0 Å². The number of methoxy groups -OCH3 is 1. The lowest BCUT2D eigenvalue weighted by Gasteiger charge is -2.18. The number of benzene rings is 1. The van der Waals surface area contributed by atoms with Crippen LogP contribution in [0.15, 0.2) is 22.6 Å². The molecular weight excluding hydrogens is 288 g/mol. The fourth-order valence-corrected chi connectivity index (χ4v) is 1.92. The maximum atomic E-state index is 11.9. The number of aliphatic carboxylic acids is 1.